The van der Waals surface area contributed by atoms with Crippen LogP contribution in [0.25, 0.3) is 0 Å². The number of hydrogen-bond acceptors (Lipinski definition) is 6. The predicted molar refractivity (Wildman–Crippen MR) is 113 cm³/mol. The fourth-order valence-electron chi connectivity index (χ4n) is 2.55. The van der Waals surface area contributed by atoms with E-state index in [1.54, 1.807) is 20.8 Å². The lowest BCUT2D eigenvalue weighted by molar-refractivity contribution is -0.123. The van der Waals surface area contributed by atoms with Crippen LogP contribution in [0.1, 0.15) is 43.1 Å². The van der Waals surface area contributed by atoms with Gasteiger partial charge in [-0.3, -0.25) is 14.9 Å². The topological polar surface area (TPSA) is 84.4 Å². The van der Waals surface area contributed by atoms with Gasteiger partial charge in [-0.1, -0.05) is 51.1 Å². The molecule has 0 aliphatic rings. The Kier molecular flexibility index (Phi) is 7.32. The van der Waals surface area contributed by atoms with Crippen molar-refractivity contribution in [3.63, 3.8) is 0 Å². The quantitative estimate of drug-likeness (QED) is 0.546. The highest BCUT2D eigenvalue weighted by atomic mass is 16.5. The number of carbonyl (C=O) groups excluding carboxylic acids is 2. The number of nitrogens with one attached hydrogen (secondary N) is 1. The molecule has 1 heterocycles. The number of anilines is 2. The first-order chi connectivity index (χ1) is 13.8. The smallest absolute Gasteiger partial charge is 0.234 e. The van der Waals surface area contributed by atoms with E-state index in [1.165, 1.54) is 7.11 Å². The van der Waals surface area contributed by atoms with E-state index in [-0.39, 0.29) is 23.3 Å². The molecule has 0 saturated carbocycles. The van der Waals surface area contributed by atoms with Crippen LogP contribution >= 0.6 is 0 Å². The third-order valence-electron chi connectivity index (χ3n) is 4.15. The van der Waals surface area contributed by atoms with Crippen molar-refractivity contribution in [1.82, 2.24) is 9.97 Å². The zero-order valence-corrected chi connectivity index (χ0v) is 17.2. The van der Waals surface area contributed by atoms with Gasteiger partial charge in [0, 0.05) is 24.9 Å². The lowest BCUT2D eigenvalue weighted by Crippen LogP contribution is -2.30. The molecule has 2 rings (SSSR count). The van der Waals surface area contributed by atoms with Crippen molar-refractivity contribution in [2.24, 2.45) is 5.41 Å². The van der Waals surface area contributed by atoms with Crippen LogP contribution in [0.15, 0.2) is 30.3 Å². The number of ether oxygens (including phenoxy) is 1. The van der Waals surface area contributed by atoms with Gasteiger partial charge in [0.1, 0.15) is 11.4 Å². The molecule has 1 N–H and O–H groups in total. The molecule has 1 aromatic carbocycles. The van der Waals surface area contributed by atoms with Crippen molar-refractivity contribution in [3.05, 3.63) is 41.5 Å². The summed E-state index contributed by atoms with van der Waals surface area (Å²) < 4.78 is 5.29. The van der Waals surface area contributed by atoms with Crippen LogP contribution in [0.4, 0.5) is 11.8 Å². The van der Waals surface area contributed by atoms with E-state index in [2.05, 4.69) is 21.2 Å². The summed E-state index contributed by atoms with van der Waals surface area (Å²) in [5, 5.41) is 2.70. The lowest BCUT2D eigenvalue weighted by atomic mass is 9.96. The largest absolute Gasteiger partial charge is 0.480 e. The van der Waals surface area contributed by atoms with Crippen LogP contribution in [-0.2, 0) is 11.3 Å². The molecule has 0 spiro atoms. The molecule has 1 amide bonds. The number of rotatable bonds is 8. The maximum Gasteiger partial charge on any atom is 0.234 e. The molecular weight excluding hydrogens is 368 g/mol. The minimum Gasteiger partial charge on any atom is -0.480 e. The summed E-state index contributed by atoms with van der Waals surface area (Å²) in [4.78, 5) is 34.7. The molecule has 1 aromatic heterocycles. The lowest BCUT2D eigenvalue weighted by Gasteiger charge is -2.26. The Bertz CT molecular complexity index is 899. The standard InChI is InChI=1S/C22H26N4O3/c1-6-7-13-26(14-16-11-9-8-10-12-16)18-17(15-27)19(29-5)24-21(23-18)25-20(28)22(2,3)4/h1,8-12,15H,7,13-14H2,2-5H3,(H,23,24,25,28). The molecule has 0 saturated heterocycles. The SMILES string of the molecule is C#CCCN(Cc1ccccc1)c1nc(NC(=O)C(C)(C)C)nc(OC)c1C=O. The summed E-state index contributed by atoms with van der Waals surface area (Å²) in [5.41, 5.74) is 0.598. The van der Waals surface area contributed by atoms with Crippen LogP contribution in [0, 0.1) is 17.8 Å². The van der Waals surface area contributed by atoms with E-state index in [4.69, 9.17) is 11.2 Å². The number of aldehydes is 1. The second-order valence-corrected chi connectivity index (χ2v) is 7.48. The Labute approximate surface area is 171 Å². The number of aromatic nitrogens is 2. The van der Waals surface area contributed by atoms with Crippen LogP contribution in [-0.4, -0.2) is 35.8 Å². The predicted octanol–water partition coefficient (Wildman–Crippen LogP) is 3.31. The van der Waals surface area contributed by atoms with Gasteiger partial charge in [-0.25, -0.2) is 0 Å². The number of nitrogens with zero attached hydrogens (tertiary/aromatic N) is 3. The van der Waals surface area contributed by atoms with E-state index in [1.807, 2.05) is 35.2 Å². The Morgan fingerprint density at radius 1 is 1.28 bits per heavy atom. The third-order valence-corrected chi connectivity index (χ3v) is 4.15. The molecule has 0 atom stereocenters. The summed E-state index contributed by atoms with van der Waals surface area (Å²) in [5.74, 6) is 2.88. The van der Waals surface area contributed by atoms with E-state index in [9.17, 15) is 9.59 Å². The summed E-state index contributed by atoms with van der Waals surface area (Å²) in [6.45, 7) is 6.31. The number of terminal acetylenes is 1. The van der Waals surface area contributed by atoms with Gasteiger partial charge in [0.05, 0.1) is 7.11 Å². The number of methoxy groups -OCH3 is 1. The maximum atomic E-state index is 12.4. The fraction of sp³-hybridized carbons (Fsp3) is 0.364. The number of hydrogen-bond donors (Lipinski definition) is 1. The Morgan fingerprint density at radius 2 is 1.97 bits per heavy atom. The Balaban J connectivity index is 2.51. The molecule has 0 aliphatic heterocycles. The normalized spacial score (nSPS) is 10.7. The van der Waals surface area contributed by atoms with Crippen LogP contribution < -0.4 is 15.0 Å². The maximum absolute atomic E-state index is 12.4. The number of amides is 1. The van der Waals surface area contributed by atoms with Gasteiger partial charge in [0.15, 0.2) is 6.29 Å². The van der Waals surface area contributed by atoms with E-state index in [0.29, 0.717) is 31.6 Å². The van der Waals surface area contributed by atoms with Gasteiger partial charge in [0.2, 0.25) is 17.7 Å². The third kappa shape index (κ3) is 5.79. The zero-order valence-electron chi connectivity index (χ0n) is 17.2. The van der Waals surface area contributed by atoms with E-state index in [0.717, 1.165) is 5.56 Å². The van der Waals surface area contributed by atoms with Crippen LogP contribution in [0.2, 0.25) is 0 Å². The molecule has 0 bridgehead atoms. The number of benzene rings is 1. The van der Waals surface area contributed by atoms with Gasteiger partial charge < -0.3 is 9.64 Å². The molecule has 7 nitrogen and oxygen atoms in total. The van der Waals surface area contributed by atoms with Gasteiger partial charge >= 0.3 is 0 Å². The average molecular weight is 394 g/mol. The summed E-state index contributed by atoms with van der Waals surface area (Å²) >= 11 is 0. The molecule has 0 radical (unpaired) electrons. The average Bonchev–Trinajstić information content (AvgIpc) is 2.70. The molecule has 7 heteroatoms. The highest BCUT2D eigenvalue weighted by Gasteiger charge is 2.25. The Morgan fingerprint density at radius 3 is 2.52 bits per heavy atom. The van der Waals surface area contributed by atoms with Gasteiger partial charge in [-0.15, -0.1) is 12.3 Å². The first-order valence-electron chi connectivity index (χ1n) is 9.25. The van der Waals surface area contributed by atoms with Crippen molar-refractivity contribution in [2.75, 3.05) is 23.9 Å². The second kappa shape index (κ2) is 9.69. The summed E-state index contributed by atoms with van der Waals surface area (Å²) in [7, 11) is 1.41. The number of carbonyl (C=O) groups is 2. The van der Waals surface area contributed by atoms with Crippen LogP contribution in [0.5, 0.6) is 5.88 Å². The van der Waals surface area contributed by atoms with E-state index >= 15 is 0 Å². The first-order valence-corrected chi connectivity index (χ1v) is 9.25. The van der Waals surface area contributed by atoms with Crippen LogP contribution in [0.3, 0.4) is 0 Å². The molecule has 0 fully saturated rings. The molecular formula is C22H26N4O3. The summed E-state index contributed by atoms with van der Waals surface area (Å²) in [6, 6.07) is 9.75. The molecule has 2 aromatic rings. The molecule has 29 heavy (non-hydrogen) atoms. The van der Waals surface area contributed by atoms with E-state index < -0.39 is 5.41 Å². The van der Waals surface area contributed by atoms with Gasteiger partial charge in [-0.2, -0.15) is 9.97 Å². The fourth-order valence-corrected chi connectivity index (χ4v) is 2.55. The monoisotopic (exact) mass is 394 g/mol. The highest BCUT2D eigenvalue weighted by molar-refractivity contribution is 5.94. The minimum atomic E-state index is -0.632. The van der Waals surface area contributed by atoms with Crippen molar-refractivity contribution in [3.8, 4) is 18.2 Å². The molecule has 0 unspecified atom stereocenters. The van der Waals surface area contributed by atoms with Crippen molar-refractivity contribution in [1.29, 1.82) is 0 Å². The second-order valence-electron chi connectivity index (χ2n) is 7.48. The molecule has 0 aliphatic carbocycles. The van der Waals surface area contributed by atoms with Crippen molar-refractivity contribution in [2.45, 2.75) is 33.7 Å². The Hall–Kier alpha value is -3.40. The first kappa shape index (κ1) is 21.9. The minimum absolute atomic E-state index is 0.0705. The van der Waals surface area contributed by atoms with Gasteiger partial charge in [-0.05, 0) is 5.56 Å². The van der Waals surface area contributed by atoms with Gasteiger partial charge in [0.25, 0.3) is 0 Å². The van der Waals surface area contributed by atoms with Crippen molar-refractivity contribution >= 4 is 24.0 Å². The summed E-state index contributed by atoms with van der Waals surface area (Å²) in [6.07, 6.45) is 6.57. The highest BCUT2D eigenvalue weighted by Crippen LogP contribution is 2.28. The van der Waals surface area contributed by atoms with Crippen molar-refractivity contribution < 1.29 is 14.3 Å². The zero-order chi connectivity index (χ0) is 21.4. The molecule has 152 valence electrons.